The van der Waals surface area contributed by atoms with Gasteiger partial charge in [0.1, 0.15) is 18.4 Å². The summed E-state index contributed by atoms with van der Waals surface area (Å²) < 4.78 is 10.6. The molecule has 134 valence electrons. The summed E-state index contributed by atoms with van der Waals surface area (Å²) >= 11 is 0. The topological polar surface area (TPSA) is 105 Å². The summed E-state index contributed by atoms with van der Waals surface area (Å²) in [5.41, 5.74) is 1.61. The Kier molecular flexibility index (Phi) is 5.00. The fourth-order valence-corrected chi connectivity index (χ4v) is 3.18. The van der Waals surface area contributed by atoms with E-state index in [2.05, 4.69) is 5.32 Å². The second-order valence-electron chi connectivity index (χ2n) is 5.99. The number of rotatable bonds is 6. The molecule has 2 heterocycles. The number of fused-ring (bicyclic) bond motifs is 1. The second kappa shape index (κ2) is 7.20. The van der Waals surface area contributed by atoms with Crippen LogP contribution in [0.25, 0.3) is 0 Å². The van der Waals surface area contributed by atoms with Gasteiger partial charge in [0.15, 0.2) is 0 Å². The molecule has 1 fully saturated rings. The van der Waals surface area contributed by atoms with Gasteiger partial charge >= 0.3 is 0 Å². The zero-order valence-electron chi connectivity index (χ0n) is 13.9. The van der Waals surface area contributed by atoms with Crippen LogP contribution in [0.1, 0.15) is 34.3 Å². The molecule has 0 bridgehead atoms. The summed E-state index contributed by atoms with van der Waals surface area (Å²) in [5, 5.41) is 11.8. The number of hydrogen-bond acceptors (Lipinski definition) is 6. The highest BCUT2D eigenvalue weighted by Crippen LogP contribution is 2.36. The van der Waals surface area contributed by atoms with E-state index < -0.39 is 11.9 Å². The number of carbonyl (C=O) groups is 3. The summed E-state index contributed by atoms with van der Waals surface area (Å²) in [6, 6.07) is 2.79. The van der Waals surface area contributed by atoms with E-state index in [9.17, 15) is 19.5 Å². The number of aliphatic hydroxyl groups excluding tert-OH is 1. The molecule has 8 heteroatoms. The van der Waals surface area contributed by atoms with Crippen molar-refractivity contribution in [2.45, 2.75) is 32.0 Å². The smallest absolute Gasteiger partial charge is 0.258 e. The number of carbonyl (C=O) groups excluding carboxylic acids is 3. The number of imide groups is 1. The molecule has 0 aliphatic carbocycles. The van der Waals surface area contributed by atoms with Gasteiger partial charge in [0, 0.05) is 25.6 Å². The molecule has 2 N–H and O–H groups in total. The zero-order valence-corrected chi connectivity index (χ0v) is 13.9. The number of nitrogens with one attached hydrogen (secondary N) is 1. The molecule has 8 nitrogen and oxygen atoms in total. The number of ether oxygens (including phenoxy) is 2. The normalized spacial score (nSPS) is 19.8. The summed E-state index contributed by atoms with van der Waals surface area (Å²) in [6.07, 6.45) is 0.507. The molecule has 1 saturated heterocycles. The Hall–Kier alpha value is -2.45. The first-order valence-electron chi connectivity index (χ1n) is 8.08. The van der Waals surface area contributed by atoms with Gasteiger partial charge in [0.2, 0.25) is 11.8 Å². The first kappa shape index (κ1) is 17.4. The third kappa shape index (κ3) is 3.22. The molecule has 1 atom stereocenters. The summed E-state index contributed by atoms with van der Waals surface area (Å²) in [5.74, 6) is -0.776. The fourth-order valence-electron chi connectivity index (χ4n) is 3.18. The van der Waals surface area contributed by atoms with Gasteiger partial charge in [-0.05, 0) is 12.0 Å². The largest absolute Gasteiger partial charge is 0.490 e. The van der Waals surface area contributed by atoms with E-state index in [1.807, 2.05) is 0 Å². The van der Waals surface area contributed by atoms with Crippen LogP contribution in [0.15, 0.2) is 12.1 Å². The highest BCUT2D eigenvalue weighted by atomic mass is 16.5. The number of methoxy groups -OCH3 is 1. The second-order valence-corrected chi connectivity index (χ2v) is 5.99. The third-order valence-electron chi connectivity index (χ3n) is 4.43. The summed E-state index contributed by atoms with van der Waals surface area (Å²) in [4.78, 5) is 37.8. The van der Waals surface area contributed by atoms with Gasteiger partial charge in [-0.3, -0.25) is 19.7 Å². The van der Waals surface area contributed by atoms with Gasteiger partial charge in [-0.15, -0.1) is 0 Å². The Morgan fingerprint density at radius 1 is 1.28 bits per heavy atom. The molecule has 1 unspecified atom stereocenters. The maximum absolute atomic E-state index is 12.9. The maximum Gasteiger partial charge on any atom is 0.258 e. The SMILES string of the molecule is COCCOc1c(CO)ccc2c1C(=O)N(C1CCC(=O)NC1=O)C2. The average Bonchev–Trinajstić information content (AvgIpc) is 2.92. The molecule has 3 amide bonds. The van der Waals surface area contributed by atoms with E-state index in [1.165, 1.54) is 4.90 Å². The van der Waals surface area contributed by atoms with Crippen molar-refractivity contribution in [1.29, 1.82) is 0 Å². The number of piperidine rings is 1. The molecule has 3 rings (SSSR count). The molecule has 1 aromatic rings. The molecule has 0 saturated carbocycles. The average molecular weight is 348 g/mol. The van der Waals surface area contributed by atoms with Gasteiger partial charge in [-0.2, -0.15) is 0 Å². The highest BCUT2D eigenvalue weighted by molar-refractivity contribution is 6.06. The van der Waals surface area contributed by atoms with Gasteiger partial charge in [0.25, 0.3) is 5.91 Å². The van der Waals surface area contributed by atoms with E-state index in [0.29, 0.717) is 29.9 Å². The van der Waals surface area contributed by atoms with Gasteiger partial charge in [-0.1, -0.05) is 12.1 Å². The quantitative estimate of drug-likeness (QED) is 0.552. The predicted molar refractivity (Wildman–Crippen MR) is 85.8 cm³/mol. The Balaban J connectivity index is 1.89. The lowest BCUT2D eigenvalue weighted by atomic mass is 10.0. The van der Waals surface area contributed by atoms with Crippen LogP contribution in [0.4, 0.5) is 0 Å². The summed E-state index contributed by atoms with van der Waals surface area (Å²) in [6.45, 7) is 0.597. The van der Waals surface area contributed by atoms with Crippen molar-refractivity contribution in [3.05, 3.63) is 28.8 Å². The highest BCUT2D eigenvalue weighted by Gasteiger charge is 2.41. The minimum atomic E-state index is -0.679. The number of aliphatic hydroxyl groups is 1. The first-order valence-corrected chi connectivity index (χ1v) is 8.08. The molecule has 0 radical (unpaired) electrons. The molecule has 25 heavy (non-hydrogen) atoms. The van der Waals surface area contributed by atoms with Gasteiger partial charge in [0.05, 0.1) is 18.8 Å². The zero-order chi connectivity index (χ0) is 18.0. The van der Waals surface area contributed by atoms with Crippen molar-refractivity contribution in [2.24, 2.45) is 0 Å². The van der Waals surface area contributed by atoms with Crippen LogP contribution in [-0.2, 0) is 27.5 Å². The number of nitrogens with zero attached hydrogens (tertiary/aromatic N) is 1. The monoisotopic (exact) mass is 348 g/mol. The van der Waals surface area contributed by atoms with Crippen LogP contribution in [0, 0.1) is 0 Å². The standard InChI is InChI=1S/C17H20N2O6/c1-24-6-7-25-15-11(9-20)3-2-10-8-19(17(23)14(10)15)12-4-5-13(21)18-16(12)22/h2-3,12,20H,4-9H2,1H3,(H,18,21,22). The Labute approximate surface area is 144 Å². The molecule has 0 spiro atoms. The molecule has 0 aromatic heterocycles. The third-order valence-corrected chi connectivity index (χ3v) is 4.43. The van der Waals surface area contributed by atoms with Crippen molar-refractivity contribution >= 4 is 17.7 Å². The van der Waals surface area contributed by atoms with E-state index in [0.717, 1.165) is 5.56 Å². The maximum atomic E-state index is 12.9. The van der Waals surface area contributed by atoms with Crippen LogP contribution in [0.5, 0.6) is 5.75 Å². The molecular weight excluding hydrogens is 328 g/mol. The first-order chi connectivity index (χ1) is 12.1. The number of hydrogen-bond donors (Lipinski definition) is 2. The van der Waals surface area contributed by atoms with Crippen molar-refractivity contribution in [3.8, 4) is 5.75 Å². The Bertz CT molecular complexity index is 717. The predicted octanol–water partition coefficient (Wildman–Crippen LogP) is -0.0349. The van der Waals surface area contributed by atoms with E-state index >= 15 is 0 Å². The van der Waals surface area contributed by atoms with E-state index in [1.54, 1.807) is 19.2 Å². The van der Waals surface area contributed by atoms with Crippen LogP contribution in [0.3, 0.4) is 0 Å². The van der Waals surface area contributed by atoms with E-state index in [4.69, 9.17) is 9.47 Å². The van der Waals surface area contributed by atoms with Gasteiger partial charge < -0.3 is 19.5 Å². The van der Waals surface area contributed by atoms with Crippen molar-refractivity contribution < 1.29 is 29.0 Å². The van der Waals surface area contributed by atoms with E-state index in [-0.39, 0.29) is 38.0 Å². The van der Waals surface area contributed by atoms with Crippen LogP contribution >= 0.6 is 0 Å². The minimum Gasteiger partial charge on any atom is -0.490 e. The van der Waals surface area contributed by atoms with Crippen LogP contribution in [0.2, 0.25) is 0 Å². The summed E-state index contributed by atoms with van der Waals surface area (Å²) in [7, 11) is 1.54. The molecule has 1 aromatic carbocycles. The molecule has 2 aliphatic heterocycles. The van der Waals surface area contributed by atoms with Crippen molar-refractivity contribution in [1.82, 2.24) is 10.2 Å². The van der Waals surface area contributed by atoms with Crippen LogP contribution < -0.4 is 10.1 Å². The fraction of sp³-hybridized carbons (Fsp3) is 0.471. The van der Waals surface area contributed by atoms with Crippen LogP contribution in [-0.4, -0.2) is 54.1 Å². The lowest BCUT2D eigenvalue weighted by Gasteiger charge is -2.29. The molecular formula is C17H20N2O6. The molecule has 2 aliphatic rings. The van der Waals surface area contributed by atoms with Crippen molar-refractivity contribution in [2.75, 3.05) is 20.3 Å². The lowest BCUT2D eigenvalue weighted by molar-refractivity contribution is -0.136. The lowest BCUT2D eigenvalue weighted by Crippen LogP contribution is -2.52. The van der Waals surface area contributed by atoms with Crippen molar-refractivity contribution in [3.63, 3.8) is 0 Å². The minimum absolute atomic E-state index is 0.204. The van der Waals surface area contributed by atoms with Gasteiger partial charge in [-0.25, -0.2) is 0 Å². The Morgan fingerprint density at radius 2 is 2.08 bits per heavy atom. The number of benzene rings is 1. The number of amides is 3. The Morgan fingerprint density at radius 3 is 2.76 bits per heavy atom.